The van der Waals surface area contributed by atoms with Crippen molar-refractivity contribution in [3.05, 3.63) is 23.8 Å². The number of nitrogen functional groups attached to an aromatic ring is 1. The van der Waals surface area contributed by atoms with Crippen molar-refractivity contribution in [2.45, 2.75) is 31.1 Å². The van der Waals surface area contributed by atoms with E-state index in [2.05, 4.69) is 13.0 Å². The first-order valence-electron chi connectivity index (χ1n) is 5.21. The van der Waals surface area contributed by atoms with Gasteiger partial charge in [0.1, 0.15) is 6.07 Å². The molecule has 15 heavy (non-hydrogen) atoms. The summed E-state index contributed by atoms with van der Waals surface area (Å²) in [5.74, 6) is 1.08. The van der Waals surface area contributed by atoms with E-state index in [1.165, 1.54) is 19.3 Å². The molecule has 3 heteroatoms. The van der Waals surface area contributed by atoms with Crippen molar-refractivity contribution in [1.82, 2.24) is 0 Å². The summed E-state index contributed by atoms with van der Waals surface area (Å²) >= 11 is 1.74. The Labute approximate surface area is 95.5 Å². The molecule has 1 aromatic carbocycles. The van der Waals surface area contributed by atoms with Gasteiger partial charge in [-0.15, -0.1) is 11.8 Å². The van der Waals surface area contributed by atoms with E-state index in [0.29, 0.717) is 11.3 Å². The van der Waals surface area contributed by atoms with Crippen LogP contribution >= 0.6 is 11.8 Å². The van der Waals surface area contributed by atoms with Gasteiger partial charge in [-0.25, -0.2) is 0 Å². The van der Waals surface area contributed by atoms with Crippen molar-refractivity contribution in [3.63, 3.8) is 0 Å². The van der Waals surface area contributed by atoms with Crippen molar-refractivity contribution in [1.29, 1.82) is 5.26 Å². The van der Waals surface area contributed by atoms with Crippen LogP contribution < -0.4 is 5.73 Å². The summed E-state index contributed by atoms with van der Waals surface area (Å²) in [5.41, 5.74) is 7.07. The maximum Gasteiger partial charge on any atom is 0.101 e. The van der Waals surface area contributed by atoms with Crippen LogP contribution in [0.5, 0.6) is 0 Å². The molecule has 0 fully saturated rings. The van der Waals surface area contributed by atoms with Crippen LogP contribution in [0.15, 0.2) is 23.1 Å². The van der Waals surface area contributed by atoms with E-state index in [-0.39, 0.29) is 0 Å². The molecule has 0 amide bonds. The lowest BCUT2D eigenvalue weighted by molar-refractivity contribution is 0.778. The van der Waals surface area contributed by atoms with Crippen LogP contribution in [0.1, 0.15) is 31.7 Å². The summed E-state index contributed by atoms with van der Waals surface area (Å²) in [6.45, 7) is 2.19. The largest absolute Gasteiger partial charge is 0.397 e. The fourth-order valence-electron chi connectivity index (χ4n) is 1.30. The van der Waals surface area contributed by atoms with Gasteiger partial charge in [0.15, 0.2) is 0 Å². The van der Waals surface area contributed by atoms with Gasteiger partial charge in [-0.2, -0.15) is 5.26 Å². The zero-order valence-electron chi connectivity index (χ0n) is 8.99. The van der Waals surface area contributed by atoms with Gasteiger partial charge in [0.2, 0.25) is 0 Å². The molecular formula is C12H16N2S. The second kappa shape index (κ2) is 6.36. The number of hydrogen-bond donors (Lipinski definition) is 1. The molecule has 2 N–H and O–H groups in total. The Balaban J connectivity index is 2.58. The molecule has 0 spiro atoms. The predicted molar refractivity (Wildman–Crippen MR) is 65.8 cm³/mol. The number of nitrogens with zero attached hydrogens (tertiary/aromatic N) is 1. The minimum atomic E-state index is 0.579. The Hall–Kier alpha value is -1.14. The lowest BCUT2D eigenvalue weighted by Gasteiger charge is -2.05. The topological polar surface area (TPSA) is 49.8 Å². The zero-order valence-corrected chi connectivity index (χ0v) is 9.81. The number of benzene rings is 1. The molecule has 0 radical (unpaired) electrons. The van der Waals surface area contributed by atoms with E-state index in [4.69, 9.17) is 11.0 Å². The molecule has 0 aliphatic carbocycles. The van der Waals surface area contributed by atoms with Crippen LogP contribution in [-0.4, -0.2) is 5.75 Å². The highest BCUT2D eigenvalue weighted by Gasteiger charge is 2.03. The average Bonchev–Trinajstić information content (AvgIpc) is 2.26. The molecular weight excluding hydrogens is 204 g/mol. The lowest BCUT2D eigenvalue weighted by Crippen LogP contribution is -1.93. The minimum Gasteiger partial charge on any atom is -0.397 e. The summed E-state index contributed by atoms with van der Waals surface area (Å²) in [6.07, 6.45) is 3.69. The third-order valence-electron chi connectivity index (χ3n) is 2.19. The number of rotatable bonds is 5. The third-order valence-corrected chi connectivity index (χ3v) is 3.35. The van der Waals surface area contributed by atoms with Gasteiger partial charge in [-0.1, -0.05) is 25.8 Å². The molecule has 0 saturated carbocycles. The van der Waals surface area contributed by atoms with Crippen molar-refractivity contribution in [3.8, 4) is 6.07 Å². The van der Waals surface area contributed by atoms with Gasteiger partial charge in [-0.3, -0.25) is 0 Å². The van der Waals surface area contributed by atoms with E-state index in [0.717, 1.165) is 10.6 Å². The summed E-state index contributed by atoms with van der Waals surface area (Å²) in [7, 11) is 0. The second-order valence-electron chi connectivity index (χ2n) is 3.38. The van der Waals surface area contributed by atoms with Crippen LogP contribution in [0.4, 0.5) is 5.69 Å². The third kappa shape index (κ3) is 3.49. The maximum atomic E-state index is 8.81. The molecule has 0 unspecified atom stereocenters. The number of thioether (sulfide) groups is 1. The molecule has 0 atom stereocenters. The van der Waals surface area contributed by atoms with Crippen molar-refractivity contribution in [2.75, 3.05) is 11.5 Å². The van der Waals surface area contributed by atoms with Crippen LogP contribution in [0, 0.1) is 11.3 Å². The Morgan fingerprint density at radius 1 is 1.40 bits per heavy atom. The summed E-state index contributed by atoms with van der Waals surface area (Å²) in [6, 6.07) is 7.72. The second-order valence-corrected chi connectivity index (χ2v) is 4.52. The molecule has 0 saturated heterocycles. The average molecular weight is 220 g/mol. The first-order chi connectivity index (χ1) is 7.29. The monoisotopic (exact) mass is 220 g/mol. The molecule has 0 aromatic heterocycles. The number of anilines is 1. The summed E-state index contributed by atoms with van der Waals surface area (Å²) in [4.78, 5) is 1.03. The maximum absolute atomic E-state index is 8.81. The van der Waals surface area contributed by atoms with Gasteiger partial charge in [0.25, 0.3) is 0 Å². The Morgan fingerprint density at radius 3 is 2.87 bits per heavy atom. The molecule has 1 rings (SSSR count). The highest BCUT2D eigenvalue weighted by atomic mass is 32.2. The number of unbranched alkanes of at least 4 members (excludes halogenated alkanes) is 2. The highest BCUT2D eigenvalue weighted by Crippen LogP contribution is 2.28. The van der Waals surface area contributed by atoms with Crippen LogP contribution in [0.2, 0.25) is 0 Å². The number of nitriles is 1. The number of nitrogens with two attached hydrogens (primary N) is 1. The van der Waals surface area contributed by atoms with Crippen LogP contribution in [0.25, 0.3) is 0 Å². The number of hydrogen-bond acceptors (Lipinski definition) is 3. The Kier molecular flexibility index (Phi) is 5.06. The Bertz CT molecular complexity index is 355. The van der Waals surface area contributed by atoms with Gasteiger partial charge in [-0.05, 0) is 24.3 Å². The lowest BCUT2D eigenvalue weighted by atomic mass is 10.2. The molecule has 80 valence electrons. The van der Waals surface area contributed by atoms with E-state index < -0.39 is 0 Å². The standard InChI is InChI=1S/C12H16N2S/c1-2-3-4-8-15-11-7-5-6-10(9-13)12(11)14/h5-7H,2-4,8,14H2,1H3. The van der Waals surface area contributed by atoms with Gasteiger partial charge >= 0.3 is 0 Å². The van der Waals surface area contributed by atoms with Crippen molar-refractivity contribution < 1.29 is 0 Å². The molecule has 0 aliphatic rings. The van der Waals surface area contributed by atoms with Gasteiger partial charge < -0.3 is 5.73 Å². The summed E-state index contributed by atoms with van der Waals surface area (Å²) < 4.78 is 0. The molecule has 2 nitrogen and oxygen atoms in total. The smallest absolute Gasteiger partial charge is 0.101 e. The van der Waals surface area contributed by atoms with E-state index in [1.54, 1.807) is 17.8 Å². The predicted octanol–water partition coefficient (Wildman–Crippen LogP) is 3.42. The molecule has 1 aromatic rings. The highest BCUT2D eigenvalue weighted by molar-refractivity contribution is 7.99. The quantitative estimate of drug-likeness (QED) is 0.470. The fraction of sp³-hybridized carbons (Fsp3) is 0.417. The van der Waals surface area contributed by atoms with Crippen molar-refractivity contribution in [2.24, 2.45) is 0 Å². The minimum absolute atomic E-state index is 0.579. The SMILES string of the molecule is CCCCCSc1cccc(C#N)c1N. The summed E-state index contributed by atoms with van der Waals surface area (Å²) in [5, 5.41) is 8.81. The van der Waals surface area contributed by atoms with Gasteiger partial charge in [0.05, 0.1) is 11.3 Å². The van der Waals surface area contributed by atoms with Crippen LogP contribution in [0.3, 0.4) is 0 Å². The first-order valence-corrected chi connectivity index (χ1v) is 6.19. The van der Waals surface area contributed by atoms with Crippen molar-refractivity contribution >= 4 is 17.4 Å². The first kappa shape index (κ1) is 11.9. The normalized spacial score (nSPS) is 9.87. The molecule has 0 bridgehead atoms. The Morgan fingerprint density at radius 2 is 2.20 bits per heavy atom. The van der Waals surface area contributed by atoms with E-state index >= 15 is 0 Å². The fourth-order valence-corrected chi connectivity index (χ4v) is 2.31. The zero-order chi connectivity index (χ0) is 11.1. The van der Waals surface area contributed by atoms with E-state index in [9.17, 15) is 0 Å². The molecule has 0 aliphatic heterocycles. The number of para-hydroxylation sites is 1. The molecule has 0 heterocycles. The van der Waals surface area contributed by atoms with Gasteiger partial charge in [0, 0.05) is 4.90 Å². The van der Waals surface area contributed by atoms with E-state index in [1.807, 2.05) is 12.1 Å². The van der Waals surface area contributed by atoms with Crippen LogP contribution in [-0.2, 0) is 0 Å².